The quantitative estimate of drug-likeness (QED) is 0.639. The van der Waals surface area contributed by atoms with E-state index in [1.165, 1.54) is 11.1 Å². The maximum Gasteiger partial charge on any atom is 0.259 e. The minimum absolute atomic E-state index is 0.163. The van der Waals surface area contributed by atoms with Gasteiger partial charge in [0.2, 0.25) is 5.43 Å². The molecule has 3 aromatic rings. The molecular weight excluding hydrogens is 400 g/mol. The fraction of sp³-hybridized carbons (Fsp3) is 0.423. The van der Waals surface area contributed by atoms with Gasteiger partial charge in [0, 0.05) is 45.1 Å². The van der Waals surface area contributed by atoms with E-state index in [-0.39, 0.29) is 16.9 Å². The van der Waals surface area contributed by atoms with Crippen molar-refractivity contribution in [2.24, 2.45) is 5.92 Å². The number of piperazine rings is 1. The zero-order chi connectivity index (χ0) is 22.2. The number of aromatic nitrogens is 2. The van der Waals surface area contributed by atoms with Crippen LogP contribution < -0.4 is 5.43 Å². The third-order valence-corrected chi connectivity index (χ3v) is 6.99. The Morgan fingerprint density at radius 3 is 2.44 bits per heavy atom. The average Bonchev–Trinajstić information content (AvgIpc) is 3.22. The number of carbonyl (C=O) groups is 1. The molecule has 1 saturated heterocycles. The van der Waals surface area contributed by atoms with Gasteiger partial charge in [-0.05, 0) is 61.9 Å². The van der Waals surface area contributed by atoms with Gasteiger partial charge in [0.05, 0.1) is 5.39 Å². The fourth-order valence-electron chi connectivity index (χ4n) is 5.13. The fourth-order valence-corrected chi connectivity index (χ4v) is 5.13. The Balaban J connectivity index is 1.46. The lowest BCUT2D eigenvalue weighted by Gasteiger charge is -2.32. The lowest BCUT2D eigenvalue weighted by Crippen LogP contribution is -2.48. The second kappa shape index (κ2) is 8.51. The largest absolute Gasteiger partial charge is 0.336 e. The first-order chi connectivity index (χ1) is 15.5. The lowest BCUT2D eigenvalue weighted by molar-refractivity contribution is 0.0662. The SMILES string of the molecule is CCn1cc(C(=O)N2CCN(C)CC2)c(=O)c2cc(CC3Cc4ccccc4C3)cnc21. The minimum atomic E-state index is -0.197. The first-order valence-corrected chi connectivity index (χ1v) is 11.6. The molecule has 2 aromatic heterocycles. The third kappa shape index (κ3) is 3.84. The van der Waals surface area contributed by atoms with Crippen LogP contribution in [0.15, 0.2) is 47.5 Å². The Kier molecular flexibility index (Phi) is 5.55. The Morgan fingerprint density at radius 2 is 1.78 bits per heavy atom. The van der Waals surface area contributed by atoms with E-state index in [0.717, 1.165) is 37.9 Å². The predicted molar refractivity (Wildman–Crippen MR) is 126 cm³/mol. The number of hydrogen-bond acceptors (Lipinski definition) is 4. The van der Waals surface area contributed by atoms with Crippen LogP contribution in [0.5, 0.6) is 0 Å². The van der Waals surface area contributed by atoms with Crippen LogP contribution >= 0.6 is 0 Å². The molecule has 1 aliphatic carbocycles. The first-order valence-electron chi connectivity index (χ1n) is 11.6. The number of aryl methyl sites for hydroxylation is 1. The molecular formula is C26H30N4O2. The van der Waals surface area contributed by atoms with Crippen LogP contribution in [-0.4, -0.2) is 58.5 Å². The van der Waals surface area contributed by atoms with E-state index in [1.54, 1.807) is 11.1 Å². The van der Waals surface area contributed by atoms with Gasteiger partial charge in [-0.25, -0.2) is 4.98 Å². The maximum atomic E-state index is 13.4. The summed E-state index contributed by atoms with van der Waals surface area (Å²) in [5.74, 6) is 0.360. The number of carbonyl (C=O) groups excluding carboxylic acids is 1. The molecule has 5 rings (SSSR count). The second-order valence-corrected chi connectivity index (χ2v) is 9.22. The third-order valence-electron chi connectivity index (χ3n) is 6.99. The Bertz CT molecular complexity index is 1200. The molecule has 6 nitrogen and oxygen atoms in total. The van der Waals surface area contributed by atoms with Crippen LogP contribution in [-0.2, 0) is 25.8 Å². The van der Waals surface area contributed by atoms with Crippen molar-refractivity contribution in [3.8, 4) is 0 Å². The van der Waals surface area contributed by atoms with Crippen molar-refractivity contribution in [2.45, 2.75) is 32.7 Å². The monoisotopic (exact) mass is 430 g/mol. The number of amides is 1. The van der Waals surface area contributed by atoms with Gasteiger partial charge in [-0.2, -0.15) is 0 Å². The van der Waals surface area contributed by atoms with Crippen molar-refractivity contribution in [1.29, 1.82) is 0 Å². The van der Waals surface area contributed by atoms with E-state index >= 15 is 0 Å². The Labute approximate surface area is 188 Å². The summed E-state index contributed by atoms with van der Waals surface area (Å²) in [7, 11) is 2.05. The molecule has 32 heavy (non-hydrogen) atoms. The molecule has 6 heteroatoms. The zero-order valence-electron chi connectivity index (χ0n) is 18.9. The number of likely N-dealkylation sites (N-methyl/N-ethyl adjacent to an activating group) is 1. The molecule has 1 aliphatic heterocycles. The highest BCUT2D eigenvalue weighted by molar-refractivity contribution is 5.97. The van der Waals surface area contributed by atoms with Crippen molar-refractivity contribution in [1.82, 2.24) is 19.4 Å². The summed E-state index contributed by atoms with van der Waals surface area (Å²) in [5, 5.41) is 0.555. The molecule has 166 valence electrons. The van der Waals surface area contributed by atoms with Crippen LogP contribution in [0.1, 0.15) is 34.0 Å². The number of nitrogens with zero attached hydrogens (tertiary/aromatic N) is 4. The van der Waals surface area contributed by atoms with E-state index < -0.39 is 0 Å². The van der Waals surface area contributed by atoms with Crippen LogP contribution in [0.2, 0.25) is 0 Å². The van der Waals surface area contributed by atoms with Gasteiger partial charge in [-0.3, -0.25) is 9.59 Å². The summed E-state index contributed by atoms with van der Waals surface area (Å²) in [6, 6.07) is 10.6. The van der Waals surface area contributed by atoms with Crippen LogP contribution in [0.4, 0.5) is 0 Å². The highest BCUT2D eigenvalue weighted by Gasteiger charge is 2.25. The van der Waals surface area contributed by atoms with E-state index in [9.17, 15) is 9.59 Å². The minimum Gasteiger partial charge on any atom is -0.336 e. The molecule has 0 bridgehead atoms. The van der Waals surface area contributed by atoms with Gasteiger partial charge < -0.3 is 14.4 Å². The summed E-state index contributed by atoms with van der Waals surface area (Å²) in [4.78, 5) is 35.3. The second-order valence-electron chi connectivity index (χ2n) is 9.22. The van der Waals surface area contributed by atoms with Crippen molar-refractivity contribution < 1.29 is 4.79 Å². The van der Waals surface area contributed by atoms with Crippen molar-refractivity contribution in [2.75, 3.05) is 33.2 Å². The Hall–Kier alpha value is -2.99. The van der Waals surface area contributed by atoms with Crippen LogP contribution in [0.3, 0.4) is 0 Å². The van der Waals surface area contributed by atoms with Gasteiger partial charge in [-0.15, -0.1) is 0 Å². The van der Waals surface area contributed by atoms with E-state index in [1.807, 2.05) is 23.8 Å². The normalized spacial score (nSPS) is 17.1. The molecule has 2 aliphatic rings. The van der Waals surface area contributed by atoms with Gasteiger partial charge in [-0.1, -0.05) is 24.3 Å². The standard InChI is InChI=1S/C26H30N4O2/c1-3-29-17-23(26(32)30-10-8-28(2)9-11-30)24(31)22-15-19(16-27-25(22)29)12-18-13-20-6-4-5-7-21(20)14-18/h4-7,15-18H,3,8-14H2,1-2H3. The molecule has 0 radical (unpaired) electrons. The van der Waals surface area contributed by atoms with Gasteiger partial charge in [0.15, 0.2) is 0 Å². The van der Waals surface area contributed by atoms with Crippen molar-refractivity contribution in [3.05, 3.63) is 75.2 Å². The Morgan fingerprint density at radius 1 is 1.09 bits per heavy atom. The van der Waals surface area contributed by atoms with E-state index in [2.05, 4.69) is 41.2 Å². The molecule has 1 aromatic carbocycles. The number of fused-ring (bicyclic) bond motifs is 2. The smallest absolute Gasteiger partial charge is 0.259 e. The molecule has 1 amide bonds. The highest BCUT2D eigenvalue weighted by atomic mass is 16.2. The van der Waals surface area contributed by atoms with Crippen LogP contribution in [0.25, 0.3) is 11.0 Å². The summed E-state index contributed by atoms with van der Waals surface area (Å²) in [5.41, 5.74) is 4.65. The average molecular weight is 431 g/mol. The maximum absolute atomic E-state index is 13.4. The number of benzene rings is 1. The predicted octanol–water partition coefficient (Wildman–Crippen LogP) is 2.76. The molecule has 0 spiro atoms. The zero-order valence-corrected chi connectivity index (χ0v) is 18.9. The molecule has 0 N–H and O–H groups in total. The summed E-state index contributed by atoms with van der Waals surface area (Å²) in [6.45, 7) is 5.63. The molecule has 0 atom stereocenters. The summed E-state index contributed by atoms with van der Waals surface area (Å²) < 4.78 is 1.93. The summed E-state index contributed by atoms with van der Waals surface area (Å²) in [6.07, 6.45) is 6.62. The molecule has 0 unspecified atom stereocenters. The molecule has 3 heterocycles. The number of hydrogen-bond donors (Lipinski definition) is 0. The van der Waals surface area contributed by atoms with Gasteiger partial charge in [0.1, 0.15) is 11.2 Å². The number of rotatable bonds is 4. The number of pyridine rings is 2. The lowest BCUT2D eigenvalue weighted by atomic mass is 9.97. The van der Waals surface area contributed by atoms with Gasteiger partial charge in [0.25, 0.3) is 5.91 Å². The topological polar surface area (TPSA) is 58.4 Å². The van der Waals surface area contributed by atoms with E-state index in [0.29, 0.717) is 36.6 Å². The highest BCUT2D eigenvalue weighted by Crippen LogP contribution is 2.29. The van der Waals surface area contributed by atoms with Gasteiger partial charge >= 0.3 is 0 Å². The van der Waals surface area contributed by atoms with Crippen molar-refractivity contribution in [3.63, 3.8) is 0 Å². The van der Waals surface area contributed by atoms with Crippen LogP contribution in [0, 0.1) is 5.92 Å². The first kappa shape index (κ1) is 20.9. The molecule has 1 fully saturated rings. The molecule has 0 saturated carbocycles. The van der Waals surface area contributed by atoms with Crippen molar-refractivity contribution >= 4 is 16.9 Å². The van der Waals surface area contributed by atoms with E-state index in [4.69, 9.17) is 0 Å². The summed E-state index contributed by atoms with van der Waals surface area (Å²) >= 11 is 0.